The molecule has 7 heteroatoms. The lowest BCUT2D eigenvalue weighted by atomic mass is 10.1. The van der Waals surface area contributed by atoms with Gasteiger partial charge in [-0.3, -0.25) is 14.5 Å². The van der Waals surface area contributed by atoms with Gasteiger partial charge in [-0.15, -0.1) is 11.3 Å². The number of ether oxygens (including phenoxy) is 1. The average molecular weight is 392 g/mol. The largest absolute Gasteiger partial charge is 0.379 e. The van der Waals surface area contributed by atoms with Gasteiger partial charge >= 0.3 is 0 Å². The van der Waals surface area contributed by atoms with Crippen molar-refractivity contribution >= 4 is 23.2 Å². The molecule has 0 saturated carbocycles. The van der Waals surface area contributed by atoms with E-state index >= 15 is 0 Å². The Hall–Kier alpha value is -1.44. The summed E-state index contributed by atoms with van der Waals surface area (Å²) in [7, 11) is 0. The zero-order valence-corrected chi connectivity index (χ0v) is 17.0. The monoisotopic (exact) mass is 391 g/mol. The lowest BCUT2D eigenvalue weighted by molar-refractivity contribution is -0.135. The summed E-state index contributed by atoms with van der Waals surface area (Å²) in [6.45, 7) is 9.90. The van der Waals surface area contributed by atoms with E-state index in [-0.39, 0.29) is 23.8 Å². The van der Waals surface area contributed by atoms with Crippen LogP contribution in [0.1, 0.15) is 47.3 Å². The molecule has 27 heavy (non-hydrogen) atoms. The van der Waals surface area contributed by atoms with Gasteiger partial charge in [0, 0.05) is 49.6 Å². The summed E-state index contributed by atoms with van der Waals surface area (Å²) in [5.41, 5.74) is 0. The van der Waals surface area contributed by atoms with E-state index in [1.807, 2.05) is 35.8 Å². The van der Waals surface area contributed by atoms with Crippen molar-refractivity contribution in [1.29, 1.82) is 0 Å². The second kappa shape index (κ2) is 7.89. The molecule has 0 radical (unpaired) electrons. The number of hydrogen-bond acceptors (Lipinski definition) is 5. The van der Waals surface area contributed by atoms with E-state index in [0.29, 0.717) is 6.04 Å². The van der Waals surface area contributed by atoms with Crippen molar-refractivity contribution in [2.24, 2.45) is 5.92 Å². The molecule has 1 atom stereocenters. The molecule has 0 bridgehead atoms. The Bertz CT molecular complexity index is 692. The standard InChI is InChI=1S/C20H29N3O3S/c1-14(2)19(24)23-7-3-4-16(23)17-5-6-18(27-17)20(25)22-12-15(13-22)21-8-10-26-11-9-21/h5-6,14-16H,3-4,7-13H2,1-2H3/t16-/m0/s1. The molecule has 4 rings (SSSR count). The molecule has 0 aliphatic carbocycles. The van der Waals surface area contributed by atoms with E-state index in [0.717, 1.165) is 68.5 Å². The highest BCUT2D eigenvalue weighted by atomic mass is 32.1. The number of nitrogens with zero attached hydrogens (tertiary/aromatic N) is 3. The molecular formula is C20H29N3O3S. The lowest BCUT2D eigenvalue weighted by Gasteiger charge is -2.46. The number of rotatable bonds is 4. The van der Waals surface area contributed by atoms with Crippen LogP contribution >= 0.6 is 11.3 Å². The molecular weight excluding hydrogens is 362 g/mol. The highest BCUT2D eigenvalue weighted by Gasteiger charge is 2.37. The number of thiophene rings is 1. The maximum absolute atomic E-state index is 12.8. The number of hydrogen-bond donors (Lipinski definition) is 0. The van der Waals surface area contributed by atoms with Crippen molar-refractivity contribution < 1.29 is 14.3 Å². The lowest BCUT2D eigenvalue weighted by Crippen LogP contribution is -2.62. The molecule has 3 fully saturated rings. The number of likely N-dealkylation sites (tertiary alicyclic amines) is 2. The summed E-state index contributed by atoms with van der Waals surface area (Å²) in [6, 6.07) is 4.62. The van der Waals surface area contributed by atoms with Crippen molar-refractivity contribution in [3.8, 4) is 0 Å². The summed E-state index contributed by atoms with van der Waals surface area (Å²) >= 11 is 1.57. The Morgan fingerprint density at radius 3 is 2.59 bits per heavy atom. The number of morpholine rings is 1. The van der Waals surface area contributed by atoms with Crippen LogP contribution in [0.5, 0.6) is 0 Å². The van der Waals surface area contributed by atoms with Crippen molar-refractivity contribution in [1.82, 2.24) is 14.7 Å². The summed E-state index contributed by atoms with van der Waals surface area (Å²) in [5.74, 6) is 0.371. The zero-order chi connectivity index (χ0) is 19.0. The van der Waals surface area contributed by atoms with Gasteiger partial charge in [0.05, 0.1) is 24.1 Å². The molecule has 4 heterocycles. The minimum absolute atomic E-state index is 0.0184. The summed E-state index contributed by atoms with van der Waals surface area (Å²) in [6.07, 6.45) is 2.03. The second-order valence-electron chi connectivity index (χ2n) is 8.06. The predicted octanol–water partition coefficient (Wildman–Crippen LogP) is 2.22. The Kier molecular flexibility index (Phi) is 5.53. The number of carbonyl (C=O) groups is 2. The first kappa shape index (κ1) is 18.9. The van der Waals surface area contributed by atoms with Gasteiger partial charge in [0.15, 0.2) is 0 Å². The molecule has 0 unspecified atom stereocenters. The van der Waals surface area contributed by atoms with Gasteiger partial charge < -0.3 is 14.5 Å². The van der Waals surface area contributed by atoms with Crippen LogP contribution in [-0.4, -0.2) is 78.5 Å². The Labute approximate surface area is 165 Å². The minimum Gasteiger partial charge on any atom is -0.379 e. The normalized spacial score (nSPS) is 24.5. The van der Waals surface area contributed by atoms with Gasteiger partial charge in [0.1, 0.15) is 0 Å². The third-order valence-corrected chi connectivity index (χ3v) is 7.08. The van der Waals surface area contributed by atoms with Crippen molar-refractivity contribution in [2.75, 3.05) is 45.9 Å². The Morgan fingerprint density at radius 2 is 1.89 bits per heavy atom. The van der Waals surface area contributed by atoms with Crippen LogP contribution in [0.25, 0.3) is 0 Å². The van der Waals surface area contributed by atoms with Crippen molar-refractivity contribution in [3.63, 3.8) is 0 Å². The molecule has 1 aromatic heterocycles. The molecule has 3 aliphatic heterocycles. The van der Waals surface area contributed by atoms with Gasteiger partial charge in [0.2, 0.25) is 5.91 Å². The van der Waals surface area contributed by atoms with Crippen LogP contribution < -0.4 is 0 Å². The summed E-state index contributed by atoms with van der Waals surface area (Å²) < 4.78 is 5.41. The molecule has 0 N–H and O–H groups in total. The highest BCUT2D eigenvalue weighted by Crippen LogP contribution is 2.37. The molecule has 1 aromatic rings. The van der Waals surface area contributed by atoms with E-state index in [9.17, 15) is 9.59 Å². The van der Waals surface area contributed by atoms with Crippen LogP contribution in [0, 0.1) is 5.92 Å². The smallest absolute Gasteiger partial charge is 0.264 e. The van der Waals surface area contributed by atoms with E-state index < -0.39 is 0 Å². The third kappa shape index (κ3) is 3.77. The van der Waals surface area contributed by atoms with Gasteiger partial charge in [-0.25, -0.2) is 0 Å². The van der Waals surface area contributed by atoms with Crippen LogP contribution in [0.3, 0.4) is 0 Å². The molecule has 0 aromatic carbocycles. The van der Waals surface area contributed by atoms with Gasteiger partial charge in [-0.1, -0.05) is 13.8 Å². The van der Waals surface area contributed by atoms with Gasteiger partial charge in [-0.05, 0) is 25.0 Å². The molecule has 6 nitrogen and oxygen atoms in total. The van der Waals surface area contributed by atoms with E-state index in [1.54, 1.807) is 11.3 Å². The maximum atomic E-state index is 12.8. The maximum Gasteiger partial charge on any atom is 0.264 e. The van der Waals surface area contributed by atoms with Crippen LogP contribution in [0.4, 0.5) is 0 Å². The fourth-order valence-electron chi connectivity index (χ4n) is 4.26. The SMILES string of the molecule is CC(C)C(=O)N1CCC[C@H]1c1ccc(C(=O)N2CC(N3CCOCC3)C2)s1. The second-order valence-corrected chi connectivity index (χ2v) is 9.17. The van der Waals surface area contributed by atoms with E-state index in [4.69, 9.17) is 4.74 Å². The summed E-state index contributed by atoms with van der Waals surface area (Å²) in [4.78, 5) is 33.6. The minimum atomic E-state index is 0.0184. The van der Waals surface area contributed by atoms with Crippen LogP contribution in [-0.2, 0) is 9.53 Å². The Morgan fingerprint density at radius 1 is 1.15 bits per heavy atom. The highest BCUT2D eigenvalue weighted by molar-refractivity contribution is 7.14. The van der Waals surface area contributed by atoms with Crippen molar-refractivity contribution in [2.45, 2.75) is 38.8 Å². The Balaban J connectivity index is 1.36. The molecule has 3 saturated heterocycles. The zero-order valence-electron chi connectivity index (χ0n) is 16.2. The van der Waals surface area contributed by atoms with Crippen LogP contribution in [0.15, 0.2) is 12.1 Å². The fourth-order valence-corrected chi connectivity index (χ4v) is 5.38. The summed E-state index contributed by atoms with van der Waals surface area (Å²) in [5, 5.41) is 0. The van der Waals surface area contributed by atoms with Gasteiger partial charge in [0.25, 0.3) is 5.91 Å². The van der Waals surface area contributed by atoms with Crippen LogP contribution in [0.2, 0.25) is 0 Å². The molecule has 2 amide bonds. The van der Waals surface area contributed by atoms with E-state index in [1.165, 1.54) is 0 Å². The third-order valence-electron chi connectivity index (χ3n) is 5.91. The number of amides is 2. The van der Waals surface area contributed by atoms with Gasteiger partial charge in [-0.2, -0.15) is 0 Å². The molecule has 0 spiro atoms. The fraction of sp³-hybridized carbons (Fsp3) is 0.700. The first-order valence-electron chi connectivity index (χ1n) is 10.1. The average Bonchev–Trinajstić information content (AvgIpc) is 3.29. The predicted molar refractivity (Wildman–Crippen MR) is 105 cm³/mol. The first-order valence-corrected chi connectivity index (χ1v) is 10.9. The first-order chi connectivity index (χ1) is 13.0. The van der Waals surface area contributed by atoms with E-state index in [2.05, 4.69) is 4.90 Å². The molecule has 148 valence electrons. The number of carbonyl (C=O) groups excluding carboxylic acids is 2. The van der Waals surface area contributed by atoms with Crippen molar-refractivity contribution in [3.05, 3.63) is 21.9 Å². The molecule has 3 aliphatic rings. The quantitative estimate of drug-likeness (QED) is 0.790. The topological polar surface area (TPSA) is 53.1 Å².